The number of amides is 1. The molecule has 5 nitrogen and oxygen atoms in total. The molecule has 3 rings (SSSR count). The molecule has 0 aliphatic carbocycles. The predicted octanol–water partition coefficient (Wildman–Crippen LogP) is 2.78. The Kier molecular flexibility index (Phi) is 4.69. The number of carbonyl (C=O) groups excluding carboxylic acids is 1. The fourth-order valence-corrected chi connectivity index (χ4v) is 4.03. The zero-order valence-electron chi connectivity index (χ0n) is 13.5. The van der Waals surface area contributed by atoms with E-state index in [0.29, 0.717) is 25.1 Å². The first kappa shape index (κ1) is 16.7. The summed E-state index contributed by atoms with van der Waals surface area (Å²) in [5.41, 5.74) is 2.52. The molecule has 0 spiro atoms. The van der Waals surface area contributed by atoms with Crippen LogP contribution in [0.1, 0.15) is 24.0 Å². The molecule has 6 heteroatoms. The van der Waals surface area contributed by atoms with Crippen molar-refractivity contribution in [2.75, 3.05) is 12.4 Å². The summed E-state index contributed by atoms with van der Waals surface area (Å²) in [7, 11) is -2.00. The molecular formula is C18H20N2O3S. The van der Waals surface area contributed by atoms with Gasteiger partial charge in [-0.25, -0.2) is 8.42 Å². The van der Waals surface area contributed by atoms with Crippen LogP contribution >= 0.6 is 0 Å². The van der Waals surface area contributed by atoms with Crippen LogP contribution < -0.4 is 5.32 Å². The van der Waals surface area contributed by atoms with Gasteiger partial charge in [0.1, 0.15) is 0 Å². The molecule has 1 amide bonds. The molecule has 1 heterocycles. The van der Waals surface area contributed by atoms with Gasteiger partial charge >= 0.3 is 0 Å². The third-order valence-corrected chi connectivity index (χ3v) is 5.96. The Hall–Kier alpha value is -2.18. The summed E-state index contributed by atoms with van der Waals surface area (Å²) < 4.78 is 27.0. The van der Waals surface area contributed by atoms with Crippen molar-refractivity contribution in [1.82, 2.24) is 4.31 Å². The van der Waals surface area contributed by atoms with E-state index in [1.54, 1.807) is 25.2 Å². The Balaban J connectivity index is 1.87. The van der Waals surface area contributed by atoms with Crippen LogP contribution in [0.5, 0.6) is 0 Å². The fraction of sp³-hybridized carbons (Fsp3) is 0.278. The van der Waals surface area contributed by atoms with Crippen molar-refractivity contribution >= 4 is 21.6 Å². The number of nitrogens with one attached hydrogen (secondary N) is 1. The second-order valence-corrected chi connectivity index (χ2v) is 8.01. The van der Waals surface area contributed by atoms with Gasteiger partial charge in [0.25, 0.3) is 0 Å². The SMILES string of the molecule is CN(Cc1ccccc1)S(=O)(=O)c1ccc2c(c1)CCCC(=O)N2. The molecule has 1 aliphatic heterocycles. The molecule has 0 radical (unpaired) electrons. The van der Waals surface area contributed by atoms with Crippen molar-refractivity contribution in [2.24, 2.45) is 0 Å². The third kappa shape index (κ3) is 3.49. The number of benzene rings is 2. The summed E-state index contributed by atoms with van der Waals surface area (Å²) in [4.78, 5) is 11.9. The highest BCUT2D eigenvalue weighted by Gasteiger charge is 2.23. The lowest BCUT2D eigenvalue weighted by atomic mass is 10.1. The van der Waals surface area contributed by atoms with Crippen molar-refractivity contribution in [3.8, 4) is 0 Å². The van der Waals surface area contributed by atoms with E-state index in [4.69, 9.17) is 0 Å². The lowest BCUT2D eigenvalue weighted by Gasteiger charge is -2.18. The average molecular weight is 344 g/mol. The Morgan fingerprint density at radius 1 is 1.08 bits per heavy atom. The highest BCUT2D eigenvalue weighted by molar-refractivity contribution is 7.89. The minimum Gasteiger partial charge on any atom is -0.326 e. The molecule has 0 saturated heterocycles. The highest BCUT2D eigenvalue weighted by Crippen LogP contribution is 2.26. The molecule has 2 aromatic rings. The van der Waals surface area contributed by atoms with Gasteiger partial charge in [-0.2, -0.15) is 4.31 Å². The van der Waals surface area contributed by atoms with Gasteiger partial charge in [0.2, 0.25) is 15.9 Å². The average Bonchev–Trinajstić information content (AvgIpc) is 2.75. The van der Waals surface area contributed by atoms with E-state index in [1.807, 2.05) is 30.3 Å². The maximum atomic E-state index is 12.8. The van der Waals surface area contributed by atoms with Crippen molar-refractivity contribution in [2.45, 2.75) is 30.7 Å². The van der Waals surface area contributed by atoms with Crippen molar-refractivity contribution in [3.63, 3.8) is 0 Å². The first-order chi connectivity index (χ1) is 11.5. The molecule has 24 heavy (non-hydrogen) atoms. The number of hydrogen-bond acceptors (Lipinski definition) is 3. The van der Waals surface area contributed by atoms with Crippen LogP contribution in [0.25, 0.3) is 0 Å². The first-order valence-corrected chi connectivity index (χ1v) is 9.34. The molecule has 0 aromatic heterocycles. The molecule has 1 aliphatic rings. The first-order valence-electron chi connectivity index (χ1n) is 7.90. The molecule has 126 valence electrons. The Morgan fingerprint density at radius 2 is 1.83 bits per heavy atom. The predicted molar refractivity (Wildman–Crippen MR) is 93.1 cm³/mol. The Labute approximate surface area is 142 Å². The lowest BCUT2D eigenvalue weighted by molar-refractivity contribution is -0.116. The van der Waals surface area contributed by atoms with Crippen LogP contribution in [0, 0.1) is 0 Å². The van der Waals surface area contributed by atoms with E-state index in [0.717, 1.165) is 17.5 Å². The highest BCUT2D eigenvalue weighted by atomic mass is 32.2. The number of rotatable bonds is 4. The fourth-order valence-electron chi connectivity index (χ4n) is 2.82. The van der Waals surface area contributed by atoms with Crippen LogP contribution in [0.3, 0.4) is 0 Å². The Morgan fingerprint density at radius 3 is 2.58 bits per heavy atom. The summed E-state index contributed by atoms with van der Waals surface area (Å²) in [5, 5.41) is 2.82. The zero-order chi connectivity index (χ0) is 17.2. The molecule has 0 atom stereocenters. The normalized spacial score (nSPS) is 14.8. The number of carbonyl (C=O) groups is 1. The maximum Gasteiger partial charge on any atom is 0.243 e. The molecular weight excluding hydrogens is 324 g/mol. The third-order valence-electron chi connectivity index (χ3n) is 4.16. The molecule has 0 bridgehead atoms. The van der Waals surface area contributed by atoms with Crippen molar-refractivity contribution < 1.29 is 13.2 Å². The number of anilines is 1. The molecule has 0 unspecified atom stereocenters. The summed E-state index contributed by atoms with van der Waals surface area (Å²) in [6, 6.07) is 14.4. The molecule has 2 aromatic carbocycles. The van der Waals surface area contributed by atoms with Gasteiger partial charge in [-0.05, 0) is 42.2 Å². The van der Waals surface area contributed by atoms with Gasteiger partial charge in [-0.15, -0.1) is 0 Å². The van der Waals surface area contributed by atoms with E-state index >= 15 is 0 Å². The zero-order valence-corrected chi connectivity index (χ0v) is 14.3. The van der Waals surface area contributed by atoms with Gasteiger partial charge in [0.05, 0.1) is 4.90 Å². The quantitative estimate of drug-likeness (QED) is 0.927. The van der Waals surface area contributed by atoms with E-state index in [9.17, 15) is 13.2 Å². The minimum atomic E-state index is -3.58. The second kappa shape index (κ2) is 6.75. The number of sulfonamides is 1. The Bertz CT molecular complexity index is 848. The number of hydrogen-bond donors (Lipinski definition) is 1. The van der Waals surface area contributed by atoms with Gasteiger partial charge in [0.15, 0.2) is 0 Å². The molecule has 0 saturated carbocycles. The summed E-state index contributed by atoms with van der Waals surface area (Å²) in [5.74, 6) is -0.0226. The minimum absolute atomic E-state index is 0.0226. The van der Waals surface area contributed by atoms with E-state index in [-0.39, 0.29) is 10.8 Å². The topological polar surface area (TPSA) is 66.5 Å². The van der Waals surface area contributed by atoms with Gasteiger partial charge in [-0.1, -0.05) is 30.3 Å². The van der Waals surface area contributed by atoms with Gasteiger partial charge < -0.3 is 5.32 Å². The van der Waals surface area contributed by atoms with E-state index < -0.39 is 10.0 Å². The monoisotopic (exact) mass is 344 g/mol. The van der Waals surface area contributed by atoms with E-state index in [1.165, 1.54) is 4.31 Å². The maximum absolute atomic E-state index is 12.8. The largest absolute Gasteiger partial charge is 0.326 e. The summed E-state index contributed by atoms with van der Waals surface area (Å²) >= 11 is 0. The summed E-state index contributed by atoms with van der Waals surface area (Å²) in [6.07, 6.45) is 1.88. The number of aryl methyl sites for hydroxylation is 1. The number of fused-ring (bicyclic) bond motifs is 1. The van der Waals surface area contributed by atoms with Crippen molar-refractivity contribution in [3.05, 3.63) is 59.7 Å². The van der Waals surface area contributed by atoms with Crippen LogP contribution in [0.4, 0.5) is 5.69 Å². The van der Waals surface area contributed by atoms with Crippen molar-refractivity contribution in [1.29, 1.82) is 0 Å². The lowest BCUT2D eigenvalue weighted by Crippen LogP contribution is -2.26. The van der Waals surface area contributed by atoms with Crippen LogP contribution in [-0.4, -0.2) is 25.7 Å². The van der Waals surface area contributed by atoms with E-state index in [2.05, 4.69) is 5.32 Å². The van der Waals surface area contributed by atoms with Gasteiger partial charge in [-0.3, -0.25) is 4.79 Å². The smallest absolute Gasteiger partial charge is 0.243 e. The second-order valence-electron chi connectivity index (χ2n) is 5.97. The van der Waals surface area contributed by atoms with Crippen LogP contribution in [0.2, 0.25) is 0 Å². The molecule has 0 fully saturated rings. The molecule has 1 N–H and O–H groups in total. The standard InChI is InChI=1S/C18H20N2O3S/c1-20(13-14-6-3-2-4-7-14)24(22,23)16-10-11-17-15(12-16)8-5-9-18(21)19-17/h2-4,6-7,10-12H,5,8-9,13H2,1H3,(H,19,21). The number of nitrogens with zero attached hydrogens (tertiary/aromatic N) is 1. The van der Waals surface area contributed by atoms with Gasteiger partial charge in [0, 0.05) is 25.7 Å². The summed E-state index contributed by atoms with van der Waals surface area (Å²) in [6.45, 7) is 0.316. The van der Waals surface area contributed by atoms with Crippen LogP contribution in [0.15, 0.2) is 53.4 Å². The van der Waals surface area contributed by atoms with Crippen LogP contribution in [-0.2, 0) is 27.8 Å².